The molecule has 0 bridgehead atoms. The Balaban J connectivity index is 2.30. The monoisotopic (exact) mass is 357 g/mol. The van der Waals surface area contributed by atoms with E-state index in [0.29, 0.717) is 18.8 Å². The van der Waals surface area contributed by atoms with Crippen LogP contribution < -0.4 is 0 Å². The Morgan fingerprint density at radius 2 is 1.92 bits per heavy atom. The summed E-state index contributed by atoms with van der Waals surface area (Å²) in [7, 11) is 0. The number of fused-ring (bicyclic) bond motifs is 1. The van der Waals surface area contributed by atoms with Crippen LogP contribution >= 0.6 is 11.6 Å². The standard InChI is InChI=1S/C16H15ClF3N3O/c1-3-5-22(6-4-2)14(24)8-12-10-23-9-11(16(18,19)20)7-13(17)15(23)21-12/h3-4,7,9-10H,1-2,5-6,8H2. The van der Waals surface area contributed by atoms with E-state index in [9.17, 15) is 18.0 Å². The van der Waals surface area contributed by atoms with E-state index in [-0.39, 0.29) is 23.0 Å². The minimum absolute atomic E-state index is 0.0545. The molecule has 2 heterocycles. The van der Waals surface area contributed by atoms with Gasteiger partial charge in [-0.2, -0.15) is 13.2 Å². The Bertz CT molecular complexity index is 773. The first-order chi connectivity index (χ1) is 11.3. The molecule has 2 rings (SSSR count). The van der Waals surface area contributed by atoms with Crippen LogP contribution in [-0.2, 0) is 17.4 Å². The number of pyridine rings is 1. The molecule has 128 valence electrons. The van der Waals surface area contributed by atoms with Crippen LogP contribution in [0.15, 0.2) is 43.8 Å². The minimum Gasteiger partial charge on any atom is -0.335 e. The summed E-state index contributed by atoms with van der Waals surface area (Å²) in [5, 5.41) is -0.127. The van der Waals surface area contributed by atoms with Crippen LogP contribution in [0.25, 0.3) is 5.65 Å². The van der Waals surface area contributed by atoms with Crippen molar-refractivity contribution < 1.29 is 18.0 Å². The van der Waals surface area contributed by atoms with Crippen molar-refractivity contribution >= 4 is 23.2 Å². The summed E-state index contributed by atoms with van der Waals surface area (Å²) in [5.41, 5.74) is -0.374. The Kier molecular flexibility index (Phi) is 5.33. The normalized spacial score (nSPS) is 11.5. The third kappa shape index (κ3) is 3.97. The lowest BCUT2D eigenvalue weighted by atomic mass is 10.3. The van der Waals surface area contributed by atoms with Gasteiger partial charge < -0.3 is 9.30 Å². The van der Waals surface area contributed by atoms with E-state index in [1.807, 2.05) is 0 Å². The van der Waals surface area contributed by atoms with E-state index in [1.165, 1.54) is 15.5 Å². The number of alkyl halides is 3. The highest BCUT2D eigenvalue weighted by atomic mass is 35.5. The van der Waals surface area contributed by atoms with Crippen molar-refractivity contribution in [2.24, 2.45) is 0 Å². The van der Waals surface area contributed by atoms with Crippen molar-refractivity contribution in [3.05, 3.63) is 60.0 Å². The van der Waals surface area contributed by atoms with Gasteiger partial charge >= 0.3 is 6.18 Å². The minimum atomic E-state index is -4.51. The van der Waals surface area contributed by atoms with E-state index in [4.69, 9.17) is 11.6 Å². The zero-order valence-corrected chi connectivity index (χ0v) is 13.4. The summed E-state index contributed by atoms with van der Waals surface area (Å²) < 4.78 is 39.6. The molecule has 4 nitrogen and oxygen atoms in total. The third-order valence-electron chi connectivity index (χ3n) is 3.27. The van der Waals surface area contributed by atoms with Gasteiger partial charge in [0, 0.05) is 25.5 Å². The number of imidazole rings is 1. The van der Waals surface area contributed by atoms with Gasteiger partial charge in [-0.25, -0.2) is 4.98 Å². The Labute approximate surface area is 141 Å². The fraction of sp³-hybridized carbons (Fsp3) is 0.250. The molecule has 2 aromatic rings. The number of hydrogen-bond donors (Lipinski definition) is 0. The fourth-order valence-corrected chi connectivity index (χ4v) is 2.46. The van der Waals surface area contributed by atoms with E-state index in [1.54, 1.807) is 12.2 Å². The maximum absolute atomic E-state index is 12.8. The number of hydrogen-bond acceptors (Lipinski definition) is 2. The number of amides is 1. The van der Waals surface area contributed by atoms with Gasteiger partial charge in [0.05, 0.1) is 22.7 Å². The van der Waals surface area contributed by atoms with Crippen molar-refractivity contribution in [1.82, 2.24) is 14.3 Å². The summed E-state index contributed by atoms with van der Waals surface area (Å²) >= 11 is 5.87. The second kappa shape index (κ2) is 7.09. The number of halogens is 4. The molecule has 0 aromatic carbocycles. The predicted molar refractivity (Wildman–Crippen MR) is 85.9 cm³/mol. The number of carbonyl (C=O) groups is 1. The molecule has 1 amide bonds. The van der Waals surface area contributed by atoms with E-state index in [2.05, 4.69) is 18.1 Å². The summed E-state index contributed by atoms with van der Waals surface area (Å²) in [6.45, 7) is 7.85. The molecule has 0 saturated carbocycles. The van der Waals surface area contributed by atoms with Gasteiger partial charge in [-0.1, -0.05) is 23.8 Å². The van der Waals surface area contributed by atoms with Crippen LogP contribution in [0.3, 0.4) is 0 Å². The molecule has 0 spiro atoms. The molecule has 2 aromatic heterocycles. The highest BCUT2D eigenvalue weighted by Gasteiger charge is 2.32. The fourth-order valence-electron chi connectivity index (χ4n) is 2.20. The molecule has 24 heavy (non-hydrogen) atoms. The second-order valence-electron chi connectivity index (χ2n) is 5.09. The van der Waals surface area contributed by atoms with Crippen molar-refractivity contribution in [3.8, 4) is 0 Å². The summed E-state index contributed by atoms with van der Waals surface area (Å²) in [6.07, 6.45) is 0.862. The molecule has 0 saturated heterocycles. The van der Waals surface area contributed by atoms with Gasteiger partial charge in [-0.15, -0.1) is 13.2 Å². The molecular weight excluding hydrogens is 343 g/mol. The topological polar surface area (TPSA) is 37.6 Å². The van der Waals surface area contributed by atoms with Crippen molar-refractivity contribution in [1.29, 1.82) is 0 Å². The lowest BCUT2D eigenvalue weighted by molar-refractivity contribution is -0.137. The Morgan fingerprint density at radius 1 is 1.29 bits per heavy atom. The quantitative estimate of drug-likeness (QED) is 0.738. The Morgan fingerprint density at radius 3 is 2.46 bits per heavy atom. The van der Waals surface area contributed by atoms with Crippen LogP contribution in [0.5, 0.6) is 0 Å². The number of aromatic nitrogens is 2. The third-order valence-corrected chi connectivity index (χ3v) is 3.55. The maximum Gasteiger partial charge on any atom is 0.417 e. The summed E-state index contributed by atoms with van der Waals surface area (Å²) in [6, 6.07) is 0.817. The smallest absolute Gasteiger partial charge is 0.335 e. The van der Waals surface area contributed by atoms with E-state index in [0.717, 1.165) is 12.3 Å². The average Bonchev–Trinajstić information content (AvgIpc) is 2.89. The van der Waals surface area contributed by atoms with Gasteiger partial charge in [-0.3, -0.25) is 4.79 Å². The molecule has 0 radical (unpaired) electrons. The van der Waals surface area contributed by atoms with Crippen molar-refractivity contribution in [2.45, 2.75) is 12.6 Å². The van der Waals surface area contributed by atoms with Crippen molar-refractivity contribution in [3.63, 3.8) is 0 Å². The number of carbonyl (C=O) groups excluding carboxylic acids is 1. The molecule has 0 unspecified atom stereocenters. The van der Waals surface area contributed by atoms with Crippen molar-refractivity contribution in [2.75, 3.05) is 13.1 Å². The lowest BCUT2D eigenvalue weighted by Crippen LogP contribution is -2.32. The maximum atomic E-state index is 12.8. The molecule has 8 heteroatoms. The summed E-state index contributed by atoms with van der Waals surface area (Å²) in [4.78, 5) is 17.9. The van der Waals surface area contributed by atoms with Crippen LogP contribution in [0.1, 0.15) is 11.3 Å². The highest BCUT2D eigenvalue weighted by molar-refractivity contribution is 6.33. The van der Waals surface area contributed by atoms with Crippen LogP contribution in [0.4, 0.5) is 13.2 Å². The first-order valence-electron chi connectivity index (χ1n) is 7.00. The Hall–Kier alpha value is -2.28. The number of rotatable bonds is 6. The molecule has 0 aliphatic carbocycles. The molecule has 0 aliphatic heterocycles. The highest BCUT2D eigenvalue weighted by Crippen LogP contribution is 2.32. The predicted octanol–water partition coefficient (Wildman–Crippen LogP) is 3.75. The lowest BCUT2D eigenvalue weighted by Gasteiger charge is -2.18. The SMILES string of the molecule is C=CCN(CC=C)C(=O)Cc1cn2cc(C(F)(F)F)cc(Cl)c2n1. The molecule has 0 N–H and O–H groups in total. The molecule has 0 fully saturated rings. The second-order valence-corrected chi connectivity index (χ2v) is 5.50. The van der Waals surface area contributed by atoms with E-state index < -0.39 is 11.7 Å². The number of nitrogens with zero attached hydrogens (tertiary/aromatic N) is 3. The van der Waals surface area contributed by atoms with Gasteiger partial charge in [0.15, 0.2) is 5.65 Å². The van der Waals surface area contributed by atoms with Crippen LogP contribution in [0, 0.1) is 0 Å². The van der Waals surface area contributed by atoms with Gasteiger partial charge in [0.2, 0.25) is 5.91 Å². The zero-order valence-electron chi connectivity index (χ0n) is 12.7. The van der Waals surface area contributed by atoms with Gasteiger partial charge in [0.25, 0.3) is 0 Å². The van der Waals surface area contributed by atoms with Crippen LogP contribution in [-0.4, -0.2) is 33.3 Å². The molecule has 0 atom stereocenters. The van der Waals surface area contributed by atoms with E-state index >= 15 is 0 Å². The first kappa shape index (κ1) is 18.1. The largest absolute Gasteiger partial charge is 0.417 e. The molecule has 0 aliphatic rings. The average molecular weight is 358 g/mol. The zero-order chi connectivity index (χ0) is 17.9. The summed E-state index contributed by atoms with van der Waals surface area (Å²) in [5.74, 6) is -0.231. The van der Waals surface area contributed by atoms with Gasteiger partial charge in [0.1, 0.15) is 0 Å². The van der Waals surface area contributed by atoms with Crippen LogP contribution in [0.2, 0.25) is 5.02 Å². The first-order valence-corrected chi connectivity index (χ1v) is 7.38. The molecular formula is C16H15ClF3N3O. The van der Waals surface area contributed by atoms with Gasteiger partial charge in [-0.05, 0) is 6.07 Å².